The van der Waals surface area contributed by atoms with E-state index in [1.54, 1.807) is 36.5 Å². The van der Waals surface area contributed by atoms with Crippen LogP contribution in [0.5, 0.6) is 0 Å². The van der Waals surface area contributed by atoms with Gasteiger partial charge in [0.05, 0.1) is 29.7 Å². The van der Waals surface area contributed by atoms with Gasteiger partial charge in [0, 0.05) is 20.0 Å². The Labute approximate surface area is 230 Å². The van der Waals surface area contributed by atoms with E-state index >= 15 is 0 Å². The van der Waals surface area contributed by atoms with Crippen molar-refractivity contribution in [2.24, 2.45) is 17.8 Å². The van der Waals surface area contributed by atoms with Crippen molar-refractivity contribution >= 4 is 40.4 Å². The molecule has 11 nitrogen and oxygen atoms in total. The minimum Gasteiger partial charge on any atom is -0.459 e. The molecule has 6 atom stereocenters. The van der Waals surface area contributed by atoms with Crippen molar-refractivity contribution in [3.05, 3.63) is 47.4 Å². The first-order valence-electron chi connectivity index (χ1n) is 13.2. The van der Waals surface area contributed by atoms with Crippen LogP contribution in [0.25, 0.3) is 11.0 Å². The highest BCUT2D eigenvalue weighted by Gasteiger charge is 2.49. The van der Waals surface area contributed by atoms with Crippen molar-refractivity contribution in [2.45, 2.75) is 44.6 Å². The second-order valence-electron chi connectivity index (χ2n) is 10.4. The van der Waals surface area contributed by atoms with Crippen LogP contribution in [0, 0.1) is 17.8 Å². The van der Waals surface area contributed by atoms with Crippen LogP contribution >= 0.6 is 11.6 Å². The van der Waals surface area contributed by atoms with Crippen molar-refractivity contribution < 1.29 is 28.9 Å². The number of aromatic nitrogens is 4. The summed E-state index contributed by atoms with van der Waals surface area (Å²) in [6, 6.07) is 8.58. The van der Waals surface area contributed by atoms with Gasteiger partial charge in [0.25, 0.3) is 0 Å². The maximum absolute atomic E-state index is 12.5. The Bertz CT molecular complexity index is 1360. The second-order valence-corrected chi connectivity index (χ2v) is 10.8. The van der Waals surface area contributed by atoms with Crippen LogP contribution in [0.3, 0.4) is 0 Å². The third-order valence-corrected chi connectivity index (χ3v) is 8.24. The number of aliphatic hydroxyl groups excluding tert-OH is 1. The predicted molar refractivity (Wildman–Crippen MR) is 140 cm³/mol. The van der Waals surface area contributed by atoms with Crippen LogP contribution in [0.1, 0.15) is 42.8 Å². The molecule has 12 heteroatoms. The Morgan fingerprint density at radius 1 is 1.15 bits per heavy atom. The van der Waals surface area contributed by atoms with E-state index < -0.39 is 36.3 Å². The molecule has 2 saturated heterocycles. The SMILES string of the molecule is CC(=O)O[C@@H]1[C@@H](CO)[C@@H](COC(=O)c2ccccc2)O[C@H]1n1ncc2c(N3C[C@H]4CCC[C@H]4C3)nc(Cl)nc21. The number of benzene rings is 1. The maximum atomic E-state index is 12.5. The lowest BCUT2D eigenvalue weighted by molar-refractivity contribution is -0.154. The highest BCUT2D eigenvalue weighted by atomic mass is 35.5. The molecule has 206 valence electrons. The molecule has 3 fully saturated rings. The third-order valence-electron chi connectivity index (χ3n) is 8.07. The van der Waals surface area contributed by atoms with Gasteiger partial charge in [-0.15, -0.1) is 0 Å². The molecule has 39 heavy (non-hydrogen) atoms. The van der Waals surface area contributed by atoms with Gasteiger partial charge in [-0.3, -0.25) is 4.79 Å². The minimum atomic E-state index is -0.930. The van der Waals surface area contributed by atoms with Crippen molar-refractivity contribution in [1.82, 2.24) is 19.7 Å². The van der Waals surface area contributed by atoms with Gasteiger partial charge in [0.15, 0.2) is 18.0 Å². The predicted octanol–water partition coefficient (Wildman–Crippen LogP) is 3.01. The van der Waals surface area contributed by atoms with E-state index in [4.69, 9.17) is 25.8 Å². The summed E-state index contributed by atoms with van der Waals surface area (Å²) in [5.41, 5.74) is 0.829. The summed E-state index contributed by atoms with van der Waals surface area (Å²) < 4.78 is 18.9. The molecule has 0 unspecified atom stereocenters. The molecule has 1 saturated carbocycles. The van der Waals surface area contributed by atoms with E-state index in [2.05, 4.69) is 20.0 Å². The highest BCUT2D eigenvalue weighted by molar-refractivity contribution is 6.28. The monoisotopic (exact) mass is 555 g/mol. The zero-order chi connectivity index (χ0) is 27.1. The Morgan fingerprint density at radius 2 is 1.90 bits per heavy atom. The van der Waals surface area contributed by atoms with Crippen LogP contribution in [0.15, 0.2) is 36.5 Å². The fraction of sp³-hybridized carbons (Fsp3) is 0.519. The molecular formula is C27H30ClN5O6. The quantitative estimate of drug-likeness (QED) is 0.343. The average molecular weight is 556 g/mol. The molecule has 0 bridgehead atoms. The molecule has 0 spiro atoms. The third kappa shape index (κ3) is 4.94. The lowest BCUT2D eigenvalue weighted by Crippen LogP contribution is -2.35. The van der Waals surface area contributed by atoms with E-state index in [0.717, 1.165) is 18.9 Å². The Balaban J connectivity index is 1.29. The number of esters is 2. The zero-order valence-corrected chi connectivity index (χ0v) is 22.2. The summed E-state index contributed by atoms with van der Waals surface area (Å²) >= 11 is 6.39. The number of fused-ring (bicyclic) bond motifs is 2. The number of carbonyl (C=O) groups is 2. The molecule has 1 aromatic carbocycles. The molecule has 0 radical (unpaired) electrons. The summed E-state index contributed by atoms with van der Waals surface area (Å²) in [5.74, 6) is 0.297. The standard InChI is InChI=1S/C27H30ClN5O6/c1-15(35)38-22-20(13-34)21(14-37-26(36)16-6-3-2-4-7-16)39-25(22)33-24-19(10-29-33)23(30-27(28)31-24)32-11-17-8-5-9-18(17)12-32/h2-4,6-7,10,17-18,20-22,25,34H,5,8-9,11-14H2,1H3/t17-,18+,20-,21+,22+,25+/m0/s1. The molecule has 0 amide bonds. The van der Waals surface area contributed by atoms with Crippen LogP contribution in [0.2, 0.25) is 5.28 Å². The molecule has 1 N–H and O–H groups in total. The number of hydrogen-bond acceptors (Lipinski definition) is 10. The number of rotatable bonds is 7. The van der Waals surface area contributed by atoms with Gasteiger partial charge in [0.2, 0.25) is 5.28 Å². The molecule has 4 heterocycles. The van der Waals surface area contributed by atoms with Crippen LogP contribution in [0.4, 0.5) is 5.82 Å². The van der Waals surface area contributed by atoms with Gasteiger partial charge >= 0.3 is 11.9 Å². The summed E-state index contributed by atoms with van der Waals surface area (Å²) in [5, 5.41) is 15.6. The molecule has 3 aliphatic rings. The van der Waals surface area contributed by atoms with E-state index in [1.807, 2.05) is 0 Å². The summed E-state index contributed by atoms with van der Waals surface area (Å²) in [6.07, 6.45) is 2.79. The van der Waals surface area contributed by atoms with Crippen LogP contribution in [-0.2, 0) is 19.0 Å². The normalized spacial score (nSPS) is 28.1. The number of hydrogen-bond donors (Lipinski definition) is 1. The number of halogens is 1. The molecule has 6 rings (SSSR count). The number of nitrogens with zero attached hydrogens (tertiary/aromatic N) is 5. The van der Waals surface area contributed by atoms with Crippen LogP contribution in [-0.4, -0.2) is 75.3 Å². The first kappa shape index (κ1) is 26.0. The van der Waals surface area contributed by atoms with Gasteiger partial charge in [-0.1, -0.05) is 24.6 Å². The van der Waals surface area contributed by atoms with E-state index in [1.165, 1.54) is 30.9 Å². The maximum Gasteiger partial charge on any atom is 0.338 e. The Hall–Kier alpha value is -3.28. The van der Waals surface area contributed by atoms with Crippen molar-refractivity contribution in [3.8, 4) is 0 Å². The first-order chi connectivity index (χ1) is 18.9. The summed E-state index contributed by atoms with van der Waals surface area (Å²) in [6.45, 7) is 2.60. The lowest BCUT2D eigenvalue weighted by atomic mass is 9.99. The number of ether oxygens (including phenoxy) is 3. The van der Waals surface area contributed by atoms with E-state index in [0.29, 0.717) is 28.4 Å². The number of carbonyl (C=O) groups excluding carboxylic acids is 2. The fourth-order valence-corrected chi connectivity index (χ4v) is 6.39. The highest BCUT2D eigenvalue weighted by Crippen LogP contribution is 2.42. The molecular weight excluding hydrogens is 526 g/mol. The topological polar surface area (TPSA) is 129 Å². The van der Waals surface area contributed by atoms with Gasteiger partial charge in [-0.25, -0.2) is 9.48 Å². The van der Waals surface area contributed by atoms with Crippen molar-refractivity contribution in [2.75, 3.05) is 31.2 Å². The Morgan fingerprint density at radius 3 is 2.59 bits per heavy atom. The zero-order valence-electron chi connectivity index (χ0n) is 21.5. The number of aliphatic hydroxyl groups is 1. The summed E-state index contributed by atoms with van der Waals surface area (Å²) in [7, 11) is 0. The van der Waals surface area contributed by atoms with E-state index in [9.17, 15) is 14.7 Å². The Kier molecular flexibility index (Phi) is 7.13. The van der Waals surface area contributed by atoms with Crippen molar-refractivity contribution in [1.29, 1.82) is 0 Å². The van der Waals surface area contributed by atoms with Gasteiger partial charge in [-0.2, -0.15) is 15.1 Å². The molecule has 3 aromatic rings. The summed E-state index contributed by atoms with van der Waals surface area (Å²) in [4.78, 5) is 35.8. The van der Waals surface area contributed by atoms with Gasteiger partial charge < -0.3 is 24.2 Å². The fourth-order valence-electron chi connectivity index (χ4n) is 6.23. The van der Waals surface area contributed by atoms with Gasteiger partial charge in [0.1, 0.15) is 18.5 Å². The van der Waals surface area contributed by atoms with E-state index in [-0.39, 0.29) is 18.5 Å². The minimum absolute atomic E-state index is 0.0744. The van der Waals surface area contributed by atoms with Crippen LogP contribution < -0.4 is 4.90 Å². The largest absolute Gasteiger partial charge is 0.459 e. The molecule has 2 aromatic heterocycles. The number of anilines is 1. The molecule has 2 aliphatic heterocycles. The van der Waals surface area contributed by atoms with Crippen molar-refractivity contribution in [3.63, 3.8) is 0 Å². The lowest BCUT2D eigenvalue weighted by Gasteiger charge is -2.23. The second kappa shape index (κ2) is 10.7. The first-order valence-corrected chi connectivity index (χ1v) is 13.6. The van der Waals surface area contributed by atoms with Gasteiger partial charge in [-0.05, 0) is 48.4 Å². The average Bonchev–Trinajstić information content (AvgIpc) is 3.69. The molecule has 1 aliphatic carbocycles. The smallest absolute Gasteiger partial charge is 0.338 e.